The minimum Gasteiger partial charge on any atom is -0.391 e. The lowest BCUT2D eigenvalue weighted by Crippen LogP contribution is -2.43. The molecule has 6 nitrogen and oxygen atoms in total. The van der Waals surface area contributed by atoms with Gasteiger partial charge in [-0.2, -0.15) is 0 Å². The van der Waals surface area contributed by atoms with Gasteiger partial charge in [0.15, 0.2) is 0 Å². The molecule has 1 aromatic heterocycles. The summed E-state index contributed by atoms with van der Waals surface area (Å²) < 4.78 is 25.2. The molecule has 1 fully saturated rings. The summed E-state index contributed by atoms with van der Waals surface area (Å²) >= 11 is 0. The minimum atomic E-state index is -3.45. The predicted octanol–water partition coefficient (Wildman–Crippen LogP) is 1.07. The van der Waals surface area contributed by atoms with Crippen LogP contribution in [-0.4, -0.2) is 56.1 Å². The Hall–Kier alpha value is -1.18. The van der Waals surface area contributed by atoms with Crippen molar-refractivity contribution in [3.8, 4) is 0 Å². The first-order valence-corrected chi connectivity index (χ1v) is 8.57. The first-order valence-electron chi connectivity index (χ1n) is 7.13. The molecule has 0 aliphatic heterocycles. The lowest BCUT2D eigenvalue weighted by atomic mass is 9.91. The van der Waals surface area contributed by atoms with Gasteiger partial charge in [-0.15, -0.1) is 0 Å². The van der Waals surface area contributed by atoms with Crippen molar-refractivity contribution in [1.82, 2.24) is 9.29 Å². The second-order valence-electron chi connectivity index (χ2n) is 5.67. The number of aromatic nitrogens is 1. The number of anilines is 1. The Bertz CT molecular complexity index is 572. The van der Waals surface area contributed by atoms with E-state index in [0.717, 1.165) is 30.0 Å². The van der Waals surface area contributed by atoms with Crippen LogP contribution in [0.2, 0.25) is 0 Å². The zero-order valence-electron chi connectivity index (χ0n) is 12.7. The van der Waals surface area contributed by atoms with Crippen LogP contribution < -0.4 is 4.90 Å². The summed E-state index contributed by atoms with van der Waals surface area (Å²) in [5.41, 5.74) is 0. The van der Waals surface area contributed by atoms with Gasteiger partial charge in [0.1, 0.15) is 10.7 Å². The van der Waals surface area contributed by atoms with E-state index in [-0.39, 0.29) is 17.0 Å². The van der Waals surface area contributed by atoms with E-state index >= 15 is 0 Å². The van der Waals surface area contributed by atoms with Gasteiger partial charge in [-0.1, -0.05) is 12.8 Å². The van der Waals surface area contributed by atoms with Crippen LogP contribution in [0.25, 0.3) is 0 Å². The number of hydrogen-bond donors (Lipinski definition) is 1. The van der Waals surface area contributed by atoms with Crippen LogP contribution in [0.15, 0.2) is 23.2 Å². The Morgan fingerprint density at radius 3 is 2.38 bits per heavy atom. The van der Waals surface area contributed by atoms with Crippen molar-refractivity contribution in [2.45, 2.75) is 42.7 Å². The number of pyridine rings is 1. The van der Waals surface area contributed by atoms with Crippen molar-refractivity contribution >= 4 is 15.8 Å². The van der Waals surface area contributed by atoms with Gasteiger partial charge >= 0.3 is 0 Å². The zero-order valence-corrected chi connectivity index (χ0v) is 13.5. The normalized spacial score (nSPS) is 23.3. The van der Waals surface area contributed by atoms with E-state index in [1.807, 2.05) is 11.9 Å². The predicted molar refractivity (Wildman–Crippen MR) is 81.8 cm³/mol. The summed E-state index contributed by atoms with van der Waals surface area (Å²) in [4.78, 5) is 6.36. The molecule has 1 aromatic rings. The summed E-state index contributed by atoms with van der Waals surface area (Å²) in [5, 5.41) is 10.1. The molecule has 0 saturated heterocycles. The molecule has 1 aliphatic rings. The van der Waals surface area contributed by atoms with Crippen LogP contribution in [0.1, 0.15) is 25.7 Å². The van der Waals surface area contributed by atoms with Gasteiger partial charge in [0.2, 0.25) is 10.0 Å². The third-order valence-corrected chi connectivity index (χ3v) is 5.85. The van der Waals surface area contributed by atoms with Crippen LogP contribution in [-0.2, 0) is 10.0 Å². The second-order valence-corrected chi connectivity index (χ2v) is 7.82. The molecule has 1 heterocycles. The number of hydrogen-bond acceptors (Lipinski definition) is 5. The first kappa shape index (κ1) is 16.2. The van der Waals surface area contributed by atoms with Gasteiger partial charge in [0, 0.05) is 27.3 Å². The number of sulfonamides is 1. The molecule has 7 heteroatoms. The highest BCUT2D eigenvalue weighted by Crippen LogP contribution is 2.26. The number of likely N-dealkylation sites (N-methyl/N-ethyl adjacent to an activating group) is 1. The molecule has 2 rings (SSSR count). The lowest BCUT2D eigenvalue weighted by molar-refractivity contribution is 0.106. The van der Waals surface area contributed by atoms with Crippen molar-refractivity contribution in [3.63, 3.8) is 0 Å². The van der Waals surface area contributed by atoms with Crippen LogP contribution in [0.3, 0.4) is 0 Å². The van der Waals surface area contributed by atoms with Crippen molar-refractivity contribution in [2.24, 2.45) is 0 Å². The van der Waals surface area contributed by atoms with Crippen molar-refractivity contribution in [2.75, 3.05) is 26.0 Å². The maximum absolute atomic E-state index is 12.0. The third-order valence-electron chi connectivity index (χ3n) is 4.05. The lowest BCUT2D eigenvalue weighted by Gasteiger charge is -2.35. The fraction of sp³-hybridized carbons (Fsp3) is 0.643. The molecule has 21 heavy (non-hydrogen) atoms. The molecular weight excluding hydrogens is 290 g/mol. The summed E-state index contributed by atoms with van der Waals surface area (Å²) in [6.07, 6.45) is 4.91. The van der Waals surface area contributed by atoms with Gasteiger partial charge in [0.25, 0.3) is 0 Å². The fourth-order valence-electron chi connectivity index (χ4n) is 2.66. The second kappa shape index (κ2) is 6.29. The van der Waals surface area contributed by atoms with E-state index < -0.39 is 10.0 Å². The van der Waals surface area contributed by atoms with Gasteiger partial charge in [-0.3, -0.25) is 0 Å². The van der Waals surface area contributed by atoms with Gasteiger partial charge in [-0.05, 0) is 25.0 Å². The number of nitrogens with zero attached hydrogens (tertiary/aromatic N) is 3. The molecule has 0 spiro atoms. The highest BCUT2D eigenvalue weighted by atomic mass is 32.2. The Labute approximate surface area is 126 Å². The topological polar surface area (TPSA) is 73.7 Å². The number of rotatable bonds is 4. The van der Waals surface area contributed by atoms with Crippen molar-refractivity contribution in [3.05, 3.63) is 18.3 Å². The van der Waals surface area contributed by atoms with Gasteiger partial charge in [-0.25, -0.2) is 17.7 Å². The van der Waals surface area contributed by atoms with Crippen LogP contribution in [0, 0.1) is 0 Å². The Morgan fingerprint density at radius 2 is 1.86 bits per heavy atom. The van der Waals surface area contributed by atoms with Crippen LogP contribution >= 0.6 is 0 Å². The Kier molecular flexibility index (Phi) is 4.85. The maximum atomic E-state index is 12.0. The average Bonchev–Trinajstić information content (AvgIpc) is 2.47. The molecule has 0 radical (unpaired) electrons. The fourth-order valence-corrected chi connectivity index (χ4v) is 3.51. The third kappa shape index (κ3) is 3.36. The highest BCUT2D eigenvalue weighted by molar-refractivity contribution is 7.89. The SMILES string of the molecule is CN(c1ccc(S(=O)(=O)N(C)C)cn1)C1CCCCC1O. The minimum absolute atomic E-state index is 0.0440. The molecule has 2 atom stereocenters. The molecule has 1 aliphatic carbocycles. The summed E-state index contributed by atoms with van der Waals surface area (Å²) in [7, 11) is 1.43. The molecule has 0 amide bonds. The van der Waals surface area contributed by atoms with E-state index in [1.165, 1.54) is 20.3 Å². The molecule has 0 aromatic carbocycles. The van der Waals surface area contributed by atoms with Crippen LogP contribution in [0.5, 0.6) is 0 Å². The summed E-state index contributed by atoms with van der Waals surface area (Å²) in [5.74, 6) is 0.679. The monoisotopic (exact) mass is 313 g/mol. The van der Waals surface area contributed by atoms with Crippen LogP contribution in [0.4, 0.5) is 5.82 Å². The van der Waals surface area contributed by atoms with Gasteiger partial charge in [0.05, 0.1) is 12.1 Å². The molecular formula is C14H23N3O3S. The standard InChI is InChI=1S/C14H23N3O3S/c1-16(2)21(19,20)11-8-9-14(15-10-11)17(3)12-6-4-5-7-13(12)18/h8-10,12-13,18H,4-7H2,1-3H3. The summed E-state index contributed by atoms with van der Waals surface area (Å²) in [6, 6.07) is 3.30. The first-order chi connectivity index (χ1) is 9.84. The quantitative estimate of drug-likeness (QED) is 0.900. The molecule has 0 bridgehead atoms. The molecule has 1 N–H and O–H groups in total. The van der Waals surface area contributed by atoms with E-state index in [1.54, 1.807) is 12.1 Å². The number of aliphatic hydroxyl groups is 1. The average molecular weight is 313 g/mol. The Morgan fingerprint density at radius 1 is 1.19 bits per heavy atom. The van der Waals surface area contributed by atoms with Crippen molar-refractivity contribution < 1.29 is 13.5 Å². The smallest absolute Gasteiger partial charge is 0.244 e. The largest absolute Gasteiger partial charge is 0.391 e. The molecule has 1 saturated carbocycles. The Balaban J connectivity index is 2.19. The van der Waals surface area contributed by atoms with Gasteiger partial charge < -0.3 is 10.0 Å². The van der Waals surface area contributed by atoms with Crippen molar-refractivity contribution in [1.29, 1.82) is 0 Å². The zero-order chi connectivity index (χ0) is 15.6. The van der Waals surface area contributed by atoms with E-state index in [0.29, 0.717) is 5.82 Å². The number of aliphatic hydroxyl groups excluding tert-OH is 1. The van der Waals surface area contributed by atoms with E-state index in [4.69, 9.17) is 0 Å². The maximum Gasteiger partial charge on any atom is 0.244 e. The van der Waals surface area contributed by atoms with E-state index in [2.05, 4.69) is 4.98 Å². The van der Waals surface area contributed by atoms with E-state index in [9.17, 15) is 13.5 Å². The molecule has 118 valence electrons. The molecule has 2 unspecified atom stereocenters. The highest BCUT2D eigenvalue weighted by Gasteiger charge is 2.27. The summed E-state index contributed by atoms with van der Waals surface area (Å²) in [6.45, 7) is 0.